The van der Waals surface area contributed by atoms with E-state index in [1.54, 1.807) is 20.9 Å². The van der Waals surface area contributed by atoms with Gasteiger partial charge in [-0.1, -0.05) is 5.16 Å². The smallest absolute Gasteiger partial charge is 0.337 e. The van der Waals surface area contributed by atoms with Crippen LogP contribution >= 0.6 is 0 Å². The van der Waals surface area contributed by atoms with Gasteiger partial charge in [-0.15, -0.1) is 0 Å². The van der Waals surface area contributed by atoms with Crippen LogP contribution < -0.4 is 11.4 Å². The molecule has 0 saturated carbocycles. The van der Waals surface area contributed by atoms with Gasteiger partial charge in [-0.25, -0.2) is 9.48 Å². The van der Waals surface area contributed by atoms with Crippen LogP contribution in [0.3, 0.4) is 0 Å². The molecule has 8 heteroatoms. The van der Waals surface area contributed by atoms with Crippen molar-refractivity contribution in [2.24, 2.45) is 12.8 Å². The first-order valence-corrected chi connectivity index (χ1v) is 5.08. The Morgan fingerprint density at radius 2 is 2.24 bits per heavy atom. The van der Waals surface area contributed by atoms with Gasteiger partial charge in [-0.05, 0) is 13.8 Å². The third-order valence-corrected chi connectivity index (χ3v) is 2.22. The number of aryl methyl sites for hydroxylation is 1. The largest absolute Gasteiger partial charge is 0.345 e. The van der Waals surface area contributed by atoms with Crippen molar-refractivity contribution in [3.63, 3.8) is 0 Å². The van der Waals surface area contributed by atoms with E-state index in [0.717, 1.165) is 0 Å². The molecule has 0 amide bonds. The molecule has 0 spiro atoms. The second kappa shape index (κ2) is 3.81. The number of nitrogens with two attached hydrogens (primary N) is 1. The first-order chi connectivity index (χ1) is 7.88. The number of rotatable bonds is 3. The fourth-order valence-electron chi connectivity index (χ4n) is 1.24. The van der Waals surface area contributed by atoms with Crippen molar-refractivity contribution in [1.82, 2.24) is 24.5 Å². The summed E-state index contributed by atoms with van der Waals surface area (Å²) in [6, 6.07) is 0. The Hall–Kier alpha value is -1.96. The van der Waals surface area contributed by atoms with Crippen molar-refractivity contribution < 1.29 is 4.52 Å². The van der Waals surface area contributed by atoms with Crippen molar-refractivity contribution in [3.05, 3.63) is 28.5 Å². The minimum atomic E-state index is -0.670. The summed E-state index contributed by atoms with van der Waals surface area (Å²) in [5, 5.41) is 7.65. The Morgan fingerprint density at radius 3 is 2.71 bits per heavy atom. The standard InChI is InChI=1S/C9H14N6O2/c1-9(2,10)7-12-6(17-13-7)4-15-8(16)14(3)5-11-15/h5H,4,10H2,1-3H3. The lowest BCUT2D eigenvalue weighted by Crippen LogP contribution is -2.30. The van der Waals surface area contributed by atoms with Gasteiger partial charge < -0.3 is 10.3 Å². The Kier molecular flexibility index (Phi) is 2.58. The van der Waals surface area contributed by atoms with Crippen LogP contribution in [0.2, 0.25) is 0 Å². The highest BCUT2D eigenvalue weighted by Crippen LogP contribution is 2.12. The first kappa shape index (κ1) is 11.5. The van der Waals surface area contributed by atoms with Crippen molar-refractivity contribution in [3.8, 4) is 0 Å². The first-order valence-electron chi connectivity index (χ1n) is 5.08. The number of hydrogen-bond donors (Lipinski definition) is 1. The molecule has 8 nitrogen and oxygen atoms in total. The van der Waals surface area contributed by atoms with E-state index in [2.05, 4.69) is 15.2 Å². The summed E-state index contributed by atoms with van der Waals surface area (Å²) < 4.78 is 7.61. The van der Waals surface area contributed by atoms with Crippen molar-refractivity contribution in [2.45, 2.75) is 25.9 Å². The molecule has 0 fully saturated rings. The quantitative estimate of drug-likeness (QED) is 0.751. The molecule has 0 saturated heterocycles. The molecule has 17 heavy (non-hydrogen) atoms. The highest BCUT2D eigenvalue weighted by Gasteiger charge is 2.21. The fourth-order valence-corrected chi connectivity index (χ4v) is 1.24. The van der Waals surface area contributed by atoms with Crippen LogP contribution in [0.25, 0.3) is 0 Å². The second-order valence-corrected chi connectivity index (χ2v) is 4.42. The van der Waals surface area contributed by atoms with E-state index in [9.17, 15) is 4.79 Å². The van der Waals surface area contributed by atoms with E-state index in [-0.39, 0.29) is 12.2 Å². The van der Waals surface area contributed by atoms with Gasteiger partial charge in [0.25, 0.3) is 0 Å². The fraction of sp³-hybridized carbons (Fsp3) is 0.556. The van der Waals surface area contributed by atoms with Crippen LogP contribution in [0.4, 0.5) is 0 Å². The molecular formula is C9H14N6O2. The molecule has 0 bridgehead atoms. The van der Waals surface area contributed by atoms with Crippen LogP contribution in [0, 0.1) is 0 Å². The highest BCUT2D eigenvalue weighted by atomic mass is 16.5. The van der Waals surface area contributed by atoms with Crippen LogP contribution in [0.5, 0.6) is 0 Å². The highest BCUT2D eigenvalue weighted by molar-refractivity contribution is 4.99. The van der Waals surface area contributed by atoms with Crippen molar-refractivity contribution >= 4 is 0 Å². The summed E-state index contributed by atoms with van der Waals surface area (Å²) in [6.07, 6.45) is 1.42. The summed E-state index contributed by atoms with van der Waals surface area (Å²) in [6.45, 7) is 3.69. The number of aromatic nitrogens is 5. The molecule has 2 N–H and O–H groups in total. The van der Waals surface area contributed by atoms with E-state index in [1.165, 1.54) is 15.6 Å². The molecule has 0 radical (unpaired) electrons. The van der Waals surface area contributed by atoms with Crippen LogP contribution in [0.1, 0.15) is 25.6 Å². The zero-order chi connectivity index (χ0) is 12.6. The molecule has 0 aromatic carbocycles. The zero-order valence-corrected chi connectivity index (χ0v) is 9.91. The number of hydrogen-bond acceptors (Lipinski definition) is 6. The Bertz CT molecular complexity index is 573. The number of nitrogens with zero attached hydrogens (tertiary/aromatic N) is 5. The van der Waals surface area contributed by atoms with E-state index in [4.69, 9.17) is 10.3 Å². The third-order valence-electron chi connectivity index (χ3n) is 2.22. The lowest BCUT2D eigenvalue weighted by molar-refractivity contribution is 0.349. The molecule has 2 aromatic rings. The monoisotopic (exact) mass is 238 g/mol. The van der Waals surface area contributed by atoms with E-state index >= 15 is 0 Å². The maximum absolute atomic E-state index is 11.5. The van der Waals surface area contributed by atoms with E-state index in [0.29, 0.717) is 11.7 Å². The lowest BCUT2D eigenvalue weighted by Gasteiger charge is -2.11. The third kappa shape index (κ3) is 2.26. The summed E-state index contributed by atoms with van der Waals surface area (Å²) >= 11 is 0. The topological polar surface area (TPSA) is 105 Å². The van der Waals surface area contributed by atoms with E-state index in [1.807, 2.05) is 0 Å². The summed E-state index contributed by atoms with van der Waals surface area (Å²) in [7, 11) is 1.62. The van der Waals surface area contributed by atoms with Gasteiger partial charge in [0.15, 0.2) is 5.82 Å². The summed E-state index contributed by atoms with van der Waals surface area (Å²) in [5.41, 5.74) is 4.92. The Labute approximate surface area is 97.0 Å². The SMILES string of the molecule is Cn1cnn(Cc2nc(C(C)(C)N)no2)c1=O. The van der Waals surface area contributed by atoms with E-state index < -0.39 is 5.54 Å². The van der Waals surface area contributed by atoms with Gasteiger partial charge in [0.2, 0.25) is 5.89 Å². The maximum Gasteiger partial charge on any atom is 0.345 e. The molecule has 2 heterocycles. The van der Waals surface area contributed by atoms with Gasteiger partial charge in [-0.2, -0.15) is 10.1 Å². The Balaban J connectivity index is 2.23. The maximum atomic E-state index is 11.5. The van der Waals surface area contributed by atoms with Crippen LogP contribution in [0.15, 0.2) is 15.6 Å². The van der Waals surface area contributed by atoms with Crippen LogP contribution in [-0.2, 0) is 19.1 Å². The molecule has 2 rings (SSSR count). The van der Waals surface area contributed by atoms with Gasteiger partial charge in [-0.3, -0.25) is 4.57 Å². The minimum absolute atomic E-state index is 0.142. The molecule has 0 aliphatic heterocycles. The summed E-state index contributed by atoms with van der Waals surface area (Å²) in [5.74, 6) is 0.704. The normalized spacial score (nSPS) is 12.0. The predicted molar refractivity (Wildman–Crippen MR) is 58.1 cm³/mol. The van der Waals surface area contributed by atoms with Crippen molar-refractivity contribution in [1.29, 1.82) is 0 Å². The molecule has 0 aliphatic carbocycles. The predicted octanol–water partition coefficient (Wildman–Crippen LogP) is -0.793. The van der Waals surface area contributed by atoms with Gasteiger partial charge in [0.05, 0.1) is 5.54 Å². The lowest BCUT2D eigenvalue weighted by atomic mass is 10.1. The van der Waals surface area contributed by atoms with Gasteiger partial charge in [0.1, 0.15) is 12.9 Å². The molecule has 0 aliphatic rings. The van der Waals surface area contributed by atoms with Gasteiger partial charge in [0, 0.05) is 7.05 Å². The average Bonchev–Trinajstić information content (AvgIpc) is 2.80. The molecular weight excluding hydrogens is 224 g/mol. The van der Waals surface area contributed by atoms with Crippen LogP contribution in [-0.4, -0.2) is 24.5 Å². The molecule has 2 aromatic heterocycles. The Morgan fingerprint density at radius 1 is 1.53 bits per heavy atom. The van der Waals surface area contributed by atoms with Gasteiger partial charge >= 0.3 is 5.69 Å². The molecule has 0 unspecified atom stereocenters. The molecule has 92 valence electrons. The zero-order valence-electron chi connectivity index (χ0n) is 9.91. The average molecular weight is 238 g/mol. The van der Waals surface area contributed by atoms with Crippen molar-refractivity contribution in [2.75, 3.05) is 0 Å². The summed E-state index contributed by atoms with van der Waals surface area (Å²) in [4.78, 5) is 15.6. The second-order valence-electron chi connectivity index (χ2n) is 4.42. The molecule has 0 atom stereocenters. The minimum Gasteiger partial charge on any atom is -0.337 e.